The summed E-state index contributed by atoms with van der Waals surface area (Å²) >= 11 is 0. The van der Waals surface area contributed by atoms with Crippen molar-refractivity contribution in [3.05, 3.63) is 0 Å². The lowest BCUT2D eigenvalue weighted by molar-refractivity contribution is 0.199. The van der Waals surface area contributed by atoms with E-state index in [4.69, 9.17) is 4.43 Å². The molecular weight excluding hydrogens is 164 g/mol. The summed E-state index contributed by atoms with van der Waals surface area (Å²) in [5, 5.41) is 0. The first-order valence-electron chi connectivity index (χ1n) is 5.13. The van der Waals surface area contributed by atoms with Crippen molar-refractivity contribution in [1.82, 2.24) is 0 Å². The minimum absolute atomic E-state index is 0.475. The van der Waals surface area contributed by atoms with Crippen LogP contribution in [-0.2, 0) is 4.43 Å². The van der Waals surface area contributed by atoms with Crippen molar-refractivity contribution in [2.24, 2.45) is 0 Å². The SMILES string of the molecule is CCCCCC(C)O[Si](C)(C)C. The molecule has 0 aliphatic heterocycles. The molecule has 0 saturated carbocycles. The molecule has 0 aromatic heterocycles. The Morgan fingerprint density at radius 3 is 2.17 bits per heavy atom. The first kappa shape index (κ1) is 12.2. The van der Waals surface area contributed by atoms with Crippen LogP contribution in [0, 0.1) is 0 Å². The van der Waals surface area contributed by atoms with Gasteiger partial charge in [-0.05, 0) is 33.0 Å². The highest BCUT2D eigenvalue weighted by Gasteiger charge is 2.17. The largest absolute Gasteiger partial charge is 0.415 e. The van der Waals surface area contributed by atoms with E-state index >= 15 is 0 Å². The maximum atomic E-state index is 5.92. The zero-order valence-corrected chi connectivity index (χ0v) is 10.3. The molecule has 0 aromatic rings. The summed E-state index contributed by atoms with van der Waals surface area (Å²) in [5.74, 6) is 0. The van der Waals surface area contributed by atoms with Gasteiger partial charge in [0, 0.05) is 6.10 Å². The smallest absolute Gasteiger partial charge is 0.184 e. The van der Waals surface area contributed by atoms with Crippen LogP contribution in [0.15, 0.2) is 0 Å². The fourth-order valence-corrected chi connectivity index (χ4v) is 2.67. The van der Waals surface area contributed by atoms with Crippen molar-refractivity contribution in [3.63, 3.8) is 0 Å². The summed E-state index contributed by atoms with van der Waals surface area (Å²) in [4.78, 5) is 0. The van der Waals surface area contributed by atoms with Gasteiger partial charge < -0.3 is 4.43 Å². The van der Waals surface area contributed by atoms with E-state index in [1.807, 2.05) is 0 Å². The Morgan fingerprint density at radius 1 is 1.17 bits per heavy atom. The van der Waals surface area contributed by atoms with E-state index in [0.29, 0.717) is 6.10 Å². The standard InChI is InChI=1S/C10H24OSi/c1-6-7-8-9-10(2)11-12(3,4)5/h10H,6-9H2,1-5H3. The first-order chi connectivity index (χ1) is 5.45. The Labute approximate surface area is 78.6 Å². The van der Waals surface area contributed by atoms with Crippen molar-refractivity contribution in [2.45, 2.75) is 65.3 Å². The number of hydrogen-bond donors (Lipinski definition) is 0. The van der Waals surface area contributed by atoms with E-state index < -0.39 is 8.32 Å². The van der Waals surface area contributed by atoms with Crippen LogP contribution in [0.4, 0.5) is 0 Å². The van der Waals surface area contributed by atoms with Gasteiger partial charge in [-0.1, -0.05) is 26.2 Å². The lowest BCUT2D eigenvalue weighted by atomic mass is 10.1. The van der Waals surface area contributed by atoms with Crippen LogP contribution >= 0.6 is 0 Å². The van der Waals surface area contributed by atoms with Crippen molar-refractivity contribution >= 4 is 8.32 Å². The van der Waals surface area contributed by atoms with Crippen molar-refractivity contribution < 1.29 is 4.43 Å². The number of hydrogen-bond acceptors (Lipinski definition) is 1. The van der Waals surface area contributed by atoms with Gasteiger partial charge in [-0.3, -0.25) is 0 Å². The van der Waals surface area contributed by atoms with Crippen molar-refractivity contribution in [3.8, 4) is 0 Å². The Morgan fingerprint density at radius 2 is 1.75 bits per heavy atom. The lowest BCUT2D eigenvalue weighted by Crippen LogP contribution is -2.30. The highest BCUT2D eigenvalue weighted by Crippen LogP contribution is 2.12. The fraction of sp³-hybridized carbons (Fsp3) is 1.00. The molecule has 0 N–H and O–H groups in total. The highest BCUT2D eigenvalue weighted by molar-refractivity contribution is 6.69. The minimum atomic E-state index is -1.28. The molecule has 0 amide bonds. The molecule has 0 aliphatic carbocycles. The van der Waals surface area contributed by atoms with E-state index in [1.54, 1.807) is 0 Å². The van der Waals surface area contributed by atoms with Crippen LogP contribution in [0.2, 0.25) is 19.6 Å². The maximum Gasteiger partial charge on any atom is 0.184 e. The summed E-state index contributed by atoms with van der Waals surface area (Å²) in [6, 6.07) is 0. The summed E-state index contributed by atoms with van der Waals surface area (Å²) in [7, 11) is -1.28. The zero-order chi connectivity index (χ0) is 9.61. The first-order valence-corrected chi connectivity index (χ1v) is 8.54. The number of rotatable bonds is 6. The van der Waals surface area contributed by atoms with Gasteiger partial charge in [0.05, 0.1) is 0 Å². The molecule has 0 radical (unpaired) electrons. The zero-order valence-electron chi connectivity index (χ0n) is 9.31. The third-order valence-electron chi connectivity index (χ3n) is 1.77. The van der Waals surface area contributed by atoms with Gasteiger partial charge in [-0.25, -0.2) is 0 Å². The van der Waals surface area contributed by atoms with Gasteiger partial charge in [0.25, 0.3) is 0 Å². The third kappa shape index (κ3) is 8.28. The Balaban J connectivity index is 3.40. The molecule has 0 bridgehead atoms. The third-order valence-corrected chi connectivity index (χ3v) is 2.88. The molecule has 12 heavy (non-hydrogen) atoms. The maximum absolute atomic E-state index is 5.92. The molecule has 0 heterocycles. The van der Waals surface area contributed by atoms with E-state index in [1.165, 1.54) is 25.7 Å². The van der Waals surface area contributed by atoms with Gasteiger partial charge in [-0.2, -0.15) is 0 Å². The molecule has 0 rings (SSSR count). The monoisotopic (exact) mass is 188 g/mol. The summed E-state index contributed by atoms with van der Waals surface area (Å²) in [5.41, 5.74) is 0. The van der Waals surface area contributed by atoms with E-state index in [0.717, 1.165) is 0 Å². The van der Waals surface area contributed by atoms with Crippen LogP contribution in [-0.4, -0.2) is 14.4 Å². The Bertz CT molecular complexity index is 107. The molecule has 0 spiro atoms. The second-order valence-corrected chi connectivity index (χ2v) is 9.00. The van der Waals surface area contributed by atoms with Crippen LogP contribution in [0.5, 0.6) is 0 Å². The Hall–Kier alpha value is 0.177. The lowest BCUT2D eigenvalue weighted by Gasteiger charge is -2.23. The molecule has 1 atom stereocenters. The topological polar surface area (TPSA) is 9.23 Å². The van der Waals surface area contributed by atoms with Crippen LogP contribution in [0.25, 0.3) is 0 Å². The molecule has 0 aliphatic rings. The molecule has 0 saturated heterocycles. The predicted octanol–water partition coefficient (Wildman–Crippen LogP) is 3.81. The average molecular weight is 188 g/mol. The average Bonchev–Trinajstić information content (AvgIpc) is 1.84. The van der Waals surface area contributed by atoms with Crippen LogP contribution in [0.3, 0.4) is 0 Å². The second kappa shape index (κ2) is 5.76. The van der Waals surface area contributed by atoms with Crippen LogP contribution in [0.1, 0.15) is 39.5 Å². The molecule has 2 heteroatoms. The quantitative estimate of drug-likeness (QED) is 0.455. The second-order valence-electron chi connectivity index (χ2n) is 4.54. The van der Waals surface area contributed by atoms with Gasteiger partial charge in [-0.15, -0.1) is 0 Å². The molecule has 74 valence electrons. The van der Waals surface area contributed by atoms with Gasteiger partial charge >= 0.3 is 0 Å². The van der Waals surface area contributed by atoms with E-state index in [-0.39, 0.29) is 0 Å². The van der Waals surface area contributed by atoms with Crippen LogP contribution < -0.4 is 0 Å². The molecule has 0 fully saturated rings. The number of unbranched alkanes of at least 4 members (excludes halogenated alkanes) is 2. The summed E-state index contributed by atoms with van der Waals surface area (Å²) in [6.45, 7) is 11.2. The predicted molar refractivity (Wildman–Crippen MR) is 58.0 cm³/mol. The fourth-order valence-electron chi connectivity index (χ4n) is 1.34. The molecule has 1 unspecified atom stereocenters. The van der Waals surface area contributed by atoms with Crippen molar-refractivity contribution in [1.29, 1.82) is 0 Å². The van der Waals surface area contributed by atoms with E-state index in [9.17, 15) is 0 Å². The molecule has 0 aromatic carbocycles. The van der Waals surface area contributed by atoms with E-state index in [2.05, 4.69) is 33.5 Å². The van der Waals surface area contributed by atoms with Crippen molar-refractivity contribution in [2.75, 3.05) is 0 Å². The molecule has 1 nitrogen and oxygen atoms in total. The summed E-state index contributed by atoms with van der Waals surface area (Å²) in [6.07, 6.45) is 5.68. The molecular formula is C10H24OSi. The Kier molecular flexibility index (Phi) is 5.84. The minimum Gasteiger partial charge on any atom is -0.415 e. The van der Waals surface area contributed by atoms with Gasteiger partial charge in [0.15, 0.2) is 8.32 Å². The summed E-state index contributed by atoms with van der Waals surface area (Å²) < 4.78 is 5.92. The normalized spacial score (nSPS) is 14.8. The highest BCUT2D eigenvalue weighted by atomic mass is 28.4. The van der Waals surface area contributed by atoms with Gasteiger partial charge in [0.2, 0.25) is 0 Å². The van der Waals surface area contributed by atoms with Gasteiger partial charge in [0.1, 0.15) is 0 Å².